The maximum Gasteiger partial charge on any atom is 0.239 e. The van der Waals surface area contributed by atoms with Gasteiger partial charge in [0.15, 0.2) is 0 Å². The Morgan fingerprint density at radius 3 is 2.42 bits per heavy atom. The molecule has 0 saturated heterocycles. The lowest BCUT2D eigenvalue weighted by Gasteiger charge is -2.07. The summed E-state index contributed by atoms with van der Waals surface area (Å²) in [6.07, 6.45) is 0.723. The van der Waals surface area contributed by atoms with Crippen molar-refractivity contribution in [3.8, 4) is 5.75 Å². The van der Waals surface area contributed by atoms with Crippen LogP contribution in [0.4, 0.5) is 0 Å². The Morgan fingerprint density at radius 2 is 1.84 bits per heavy atom. The van der Waals surface area contributed by atoms with Crippen molar-refractivity contribution in [2.24, 2.45) is 5.73 Å². The largest absolute Gasteiger partial charge is 0.497 e. The number of benzene rings is 1. The number of hydrogen-bond acceptors (Lipinski definition) is 4. The summed E-state index contributed by atoms with van der Waals surface area (Å²) >= 11 is 0. The van der Waals surface area contributed by atoms with Crippen molar-refractivity contribution in [3.05, 3.63) is 29.8 Å². The Morgan fingerprint density at radius 1 is 1.16 bits per heavy atom. The molecule has 0 radical (unpaired) electrons. The normalized spacial score (nSPS) is 9.79. The van der Waals surface area contributed by atoms with Gasteiger partial charge in [0.25, 0.3) is 0 Å². The van der Waals surface area contributed by atoms with Gasteiger partial charge in [0.05, 0.1) is 20.2 Å². The van der Waals surface area contributed by atoms with Crippen LogP contribution in [-0.4, -0.2) is 38.6 Å². The molecule has 0 aromatic heterocycles. The van der Waals surface area contributed by atoms with Crippen molar-refractivity contribution >= 4 is 11.8 Å². The Hall–Kier alpha value is -2.08. The van der Waals surface area contributed by atoms with Gasteiger partial charge in [-0.25, -0.2) is 0 Å². The highest BCUT2D eigenvalue weighted by Crippen LogP contribution is 2.11. The maximum absolute atomic E-state index is 11.4. The molecule has 0 aliphatic rings. The molecule has 0 atom stereocenters. The second kappa shape index (κ2) is 8.10. The van der Waals surface area contributed by atoms with E-state index in [9.17, 15) is 9.59 Å². The zero-order valence-electron chi connectivity index (χ0n) is 10.9. The second-order valence-corrected chi connectivity index (χ2v) is 3.93. The molecule has 1 rings (SSSR count). The van der Waals surface area contributed by atoms with Gasteiger partial charge in [-0.2, -0.15) is 0 Å². The average Bonchev–Trinajstić information content (AvgIpc) is 2.45. The number of carbonyl (C=O) groups is 2. The topological polar surface area (TPSA) is 93.5 Å². The highest BCUT2D eigenvalue weighted by Gasteiger charge is 2.03. The molecule has 0 saturated carbocycles. The van der Waals surface area contributed by atoms with E-state index in [0.717, 1.165) is 17.7 Å². The van der Waals surface area contributed by atoms with Crippen LogP contribution in [0.15, 0.2) is 24.3 Å². The van der Waals surface area contributed by atoms with E-state index in [0.29, 0.717) is 6.54 Å². The molecule has 0 aliphatic heterocycles. The van der Waals surface area contributed by atoms with Crippen LogP contribution >= 0.6 is 0 Å². The fourth-order valence-electron chi connectivity index (χ4n) is 1.45. The zero-order valence-corrected chi connectivity index (χ0v) is 10.9. The summed E-state index contributed by atoms with van der Waals surface area (Å²) in [6, 6.07) is 7.64. The fraction of sp³-hybridized carbons (Fsp3) is 0.385. The number of carbonyl (C=O) groups excluding carboxylic acids is 2. The van der Waals surface area contributed by atoms with Crippen LogP contribution in [0.3, 0.4) is 0 Å². The molecule has 104 valence electrons. The Balaban J connectivity index is 2.22. The molecule has 0 bridgehead atoms. The van der Waals surface area contributed by atoms with E-state index < -0.39 is 0 Å². The number of methoxy groups -OCH3 is 1. The fourth-order valence-corrected chi connectivity index (χ4v) is 1.45. The molecule has 0 fully saturated rings. The van der Waals surface area contributed by atoms with Crippen LogP contribution in [0.1, 0.15) is 5.56 Å². The van der Waals surface area contributed by atoms with Crippen molar-refractivity contribution in [1.29, 1.82) is 0 Å². The monoisotopic (exact) mass is 265 g/mol. The van der Waals surface area contributed by atoms with Crippen LogP contribution in [0.2, 0.25) is 0 Å². The number of hydrogen-bond donors (Lipinski definition) is 3. The molecule has 6 heteroatoms. The highest BCUT2D eigenvalue weighted by atomic mass is 16.5. The third kappa shape index (κ3) is 5.87. The van der Waals surface area contributed by atoms with Crippen molar-refractivity contribution in [2.75, 3.05) is 26.7 Å². The van der Waals surface area contributed by atoms with Crippen molar-refractivity contribution in [3.63, 3.8) is 0 Å². The minimum absolute atomic E-state index is 0.0430. The molecule has 0 spiro atoms. The van der Waals surface area contributed by atoms with E-state index in [1.54, 1.807) is 7.11 Å². The first-order valence-electron chi connectivity index (χ1n) is 6.02. The third-order valence-electron chi connectivity index (χ3n) is 2.53. The van der Waals surface area contributed by atoms with Crippen LogP contribution in [0.25, 0.3) is 0 Å². The van der Waals surface area contributed by atoms with Crippen molar-refractivity contribution in [1.82, 2.24) is 10.6 Å². The van der Waals surface area contributed by atoms with E-state index in [1.807, 2.05) is 24.3 Å². The number of nitrogens with one attached hydrogen (secondary N) is 2. The van der Waals surface area contributed by atoms with Crippen LogP contribution < -0.4 is 21.1 Å². The number of rotatable bonds is 7. The SMILES string of the molecule is COc1ccc(CCNC(=O)CNC(=O)CN)cc1. The summed E-state index contributed by atoms with van der Waals surface area (Å²) in [5, 5.41) is 5.12. The Kier molecular flexibility index (Phi) is 6.38. The van der Waals surface area contributed by atoms with Gasteiger partial charge in [0.2, 0.25) is 11.8 Å². The molecule has 1 aromatic rings. The molecule has 0 aliphatic carbocycles. The minimum atomic E-state index is -0.342. The van der Waals surface area contributed by atoms with E-state index in [2.05, 4.69) is 10.6 Å². The van der Waals surface area contributed by atoms with Crippen LogP contribution in [-0.2, 0) is 16.0 Å². The average molecular weight is 265 g/mol. The van der Waals surface area contributed by atoms with Gasteiger partial charge < -0.3 is 21.1 Å². The molecule has 1 aromatic carbocycles. The summed E-state index contributed by atoms with van der Waals surface area (Å²) in [4.78, 5) is 22.2. The zero-order chi connectivity index (χ0) is 14.1. The molecule has 2 amide bonds. The van der Waals surface area contributed by atoms with E-state index >= 15 is 0 Å². The van der Waals surface area contributed by atoms with E-state index in [4.69, 9.17) is 10.5 Å². The quantitative estimate of drug-likeness (QED) is 0.615. The predicted molar refractivity (Wildman–Crippen MR) is 71.8 cm³/mol. The second-order valence-electron chi connectivity index (χ2n) is 3.93. The van der Waals surface area contributed by atoms with Gasteiger partial charge in [-0.1, -0.05) is 12.1 Å². The molecule has 4 N–H and O–H groups in total. The molecule has 0 unspecified atom stereocenters. The standard InChI is InChI=1S/C13H19N3O3/c1-19-11-4-2-10(3-5-11)6-7-15-13(18)9-16-12(17)8-14/h2-5H,6-9,14H2,1H3,(H,15,18)(H,16,17). The van der Waals surface area contributed by atoms with Gasteiger partial charge >= 0.3 is 0 Å². The van der Waals surface area contributed by atoms with Gasteiger partial charge in [-0.15, -0.1) is 0 Å². The minimum Gasteiger partial charge on any atom is -0.497 e. The van der Waals surface area contributed by atoms with E-state index in [-0.39, 0.29) is 24.9 Å². The Bertz CT molecular complexity index is 418. The molecular weight excluding hydrogens is 246 g/mol. The third-order valence-corrected chi connectivity index (χ3v) is 2.53. The lowest BCUT2D eigenvalue weighted by molar-refractivity contribution is -0.125. The van der Waals surface area contributed by atoms with Gasteiger partial charge in [-0.3, -0.25) is 9.59 Å². The smallest absolute Gasteiger partial charge is 0.239 e. The van der Waals surface area contributed by atoms with Crippen LogP contribution in [0.5, 0.6) is 5.75 Å². The summed E-state index contributed by atoms with van der Waals surface area (Å²) in [6.45, 7) is 0.363. The Labute approximate surface area is 112 Å². The molecule has 19 heavy (non-hydrogen) atoms. The number of ether oxygens (including phenoxy) is 1. The lowest BCUT2D eigenvalue weighted by Crippen LogP contribution is -2.40. The van der Waals surface area contributed by atoms with Crippen molar-refractivity contribution < 1.29 is 14.3 Å². The number of nitrogens with two attached hydrogens (primary N) is 1. The highest BCUT2D eigenvalue weighted by molar-refractivity contribution is 5.85. The number of amides is 2. The summed E-state index contributed by atoms with van der Waals surface area (Å²) in [7, 11) is 1.62. The first kappa shape index (κ1) is 15.0. The van der Waals surface area contributed by atoms with Gasteiger partial charge in [0.1, 0.15) is 5.75 Å². The summed E-state index contributed by atoms with van der Waals surface area (Å²) in [5.74, 6) is 0.234. The van der Waals surface area contributed by atoms with E-state index in [1.165, 1.54) is 0 Å². The molecular formula is C13H19N3O3. The van der Waals surface area contributed by atoms with Crippen LogP contribution in [0, 0.1) is 0 Å². The summed E-state index contributed by atoms with van der Waals surface area (Å²) in [5.41, 5.74) is 6.21. The predicted octanol–water partition coefficient (Wildman–Crippen LogP) is -0.571. The van der Waals surface area contributed by atoms with Gasteiger partial charge in [-0.05, 0) is 24.1 Å². The summed E-state index contributed by atoms with van der Waals surface area (Å²) < 4.78 is 5.06. The first-order valence-corrected chi connectivity index (χ1v) is 6.02. The molecule has 6 nitrogen and oxygen atoms in total. The maximum atomic E-state index is 11.4. The lowest BCUT2D eigenvalue weighted by atomic mass is 10.1. The van der Waals surface area contributed by atoms with Crippen molar-refractivity contribution in [2.45, 2.75) is 6.42 Å². The first-order chi connectivity index (χ1) is 9.15. The molecule has 0 heterocycles. The van der Waals surface area contributed by atoms with Gasteiger partial charge in [0, 0.05) is 6.54 Å².